The molecule has 19 aromatic rings. The largest absolute Gasteiger partial charge is 0.545 e. The number of carboxylic acids is 2. The normalized spacial score (nSPS) is 10.6. The van der Waals surface area contributed by atoms with Crippen LogP contribution in [0.1, 0.15) is 104 Å². The first-order chi connectivity index (χ1) is 72.0. The molecule has 3 N–H and O–H groups in total. The van der Waals surface area contributed by atoms with Crippen LogP contribution in [0.2, 0.25) is 0 Å². The van der Waals surface area contributed by atoms with E-state index in [1.807, 2.05) is 172 Å². The van der Waals surface area contributed by atoms with Crippen LogP contribution in [0.25, 0.3) is 70.2 Å². The first-order valence-electron chi connectivity index (χ1n) is 50.2. The number of rotatable bonds is 28. The maximum Gasteiger partial charge on any atom is 0.119 e. The van der Waals surface area contributed by atoms with E-state index in [0.717, 1.165) is 148 Å². The molecule has 0 aliphatic rings. The van der Waals surface area contributed by atoms with Gasteiger partial charge in [0, 0.05) is 150 Å². The standard InChI is InChI=1S/C38H32N2.C36H36N2O.C34H28N2O2.C27H30N2O2.2CH3/c1-27-18-20-29(21-19-27)38(36-24-25-37(39-3)35-17-11-10-16-34(35)36)33-23-22-32(26-28(33)2)40(30-12-6-4-7-13-30)31-14-8-5-9-15-31;1-6-38(7-2)29-18-21-31(26(4)24-29)36(27-14-12-25(3)13-15-27)34-22-23-35(33-11-9-8-10-32(33)34)37-28-16-19-30(39-5)20-17-28;1-24-13-15-25(16-14-24)33(31-22-19-27(35-2)23-32(31)34(37)38)26-17-20-30(21-18-26)36(28-9-5-3-6-10-28)29-11-7-4-8-12-29;1-6-29(7-2)22-14-12-21(13-15-22)26(20-10-8-19(3)9-11-20)24-17-16-23(28(4)5)18-25(24)27(30)31;;/h4-26,39H,1H2,2-3H3;8-24,37H,3,6-7H2,1-2,4-5H3;3-23,35H,1H2,2H3,(H,37,38);8-18H,3,6-7H2,1-2,4-5H3,(H,30,31);2*1H3/q;;;;2*-1/p-2. The number of aromatic carboxylic acids is 2. The molecule has 0 unspecified atom stereocenters. The molecule has 0 bridgehead atoms. The number of carbonyl (C=O) groups excluding carboxylic acids is 2. The summed E-state index contributed by atoms with van der Waals surface area (Å²) >= 11 is 0. The minimum absolute atomic E-state index is 0. The molecule has 19 aromatic carbocycles. The second-order valence-electron chi connectivity index (χ2n) is 36.5. The highest BCUT2D eigenvalue weighted by atomic mass is 16.5. The van der Waals surface area contributed by atoms with E-state index in [9.17, 15) is 19.8 Å². The molecule has 0 heterocycles. The molecule has 0 saturated heterocycles. The van der Waals surface area contributed by atoms with Crippen molar-refractivity contribution in [1.29, 1.82) is 0 Å². The Hall–Kier alpha value is -18.2. The Balaban J connectivity index is 0.000000157. The minimum Gasteiger partial charge on any atom is -0.545 e. The third-order valence-electron chi connectivity index (χ3n) is 26.9. The number of benzene rings is 19. The molecule has 0 amide bonds. The average molecular weight is 1970 g/mol. The summed E-state index contributed by atoms with van der Waals surface area (Å²) in [6.45, 7) is 33.2. The zero-order valence-electron chi connectivity index (χ0n) is 88.0. The average Bonchev–Trinajstić information content (AvgIpc) is 0.762. The molecule has 0 aliphatic heterocycles. The molecule has 0 aliphatic carbocycles. The lowest BCUT2D eigenvalue weighted by molar-refractivity contribution is -0.256. The summed E-state index contributed by atoms with van der Waals surface area (Å²) in [5.74, 6) is -1.57. The number of aryl methyl sites for hydroxylation is 2. The number of ether oxygens (including phenoxy) is 1. The van der Waals surface area contributed by atoms with Gasteiger partial charge in [0.05, 0.1) is 19.0 Å². The number of methoxy groups -OCH3 is 1. The summed E-state index contributed by atoms with van der Waals surface area (Å²) < 4.78 is 5.33. The van der Waals surface area contributed by atoms with Crippen LogP contribution >= 0.6 is 0 Å². The van der Waals surface area contributed by atoms with Crippen molar-refractivity contribution in [2.24, 2.45) is 0 Å². The molecule has 0 spiro atoms. The number of nitrogens with zero attached hydrogens (tertiary/aromatic N) is 5. The van der Waals surface area contributed by atoms with Crippen LogP contribution < -0.4 is 97.1 Å². The monoisotopic (exact) mass is 1970 g/mol. The Morgan fingerprint density at radius 1 is 0.280 bits per heavy atom. The van der Waals surface area contributed by atoms with Gasteiger partial charge in [-0.15, -0.1) is 0 Å². The van der Waals surface area contributed by atoms with Gasteiger partial charge in [0.2, 0.25) is 0 Å². The molecule has 752 valence electrons. The number of carbonyl (C=O) groups is 2. The fourth-order valence-electron chi connectivity index (χ4n) is 19.2. The fraction of sp³-hybridized carbons (Fsp3) is 0.109. The highest BCUT2D eigenvalue weighted by Crippen LogP contribution is 2.43. The molecule has 0 aromatic heterocycles. The van der Waals surface area contributed by atoms with E-state index in [2.05, 4.69) is 382 Å². The highest BCUT2D eigenvalue weighted by Gasteiger charge is 2.24. The van der Waals surface area contributed by atoms with Crippen LogP contribution in [-0.2, 0) is 0 Å². The number of hydrogen-bond donors (Lipinski definition) is 3. The molecule has 0 fully saturated rings. The van der Waals surface area contributed by atoms with E-state index in [0.29, 0.717) is 16.8 Å². The van der Waals surface area contributed by atoms with Gasteiger partial charge in [-0.1, -0.05) is 305 Å². The Morgan fingerprint density at radius 3 is 0.967 bits per heavy atom. The van der Waals surface area contributed by atoms with Gasteiger partial charge in [-0.05, 0) is 330 Å². The number of anilines is 13. The molecule has 13 heteroatoms. The van der Waals surface area contributed by atoms with Crippen LogP contribution in [-0.4, -0.2) is 73.4 Å². The van der Waals surface area contributed by atoms with Crippen molar-refractivity contribution in [3.63, 3.8) is 0 Å². The van der Waals surface area contributed by atoms with Crippen LogP contribution in [0, 0.1) is 28.7 Å². The topological polar surface area (TPSA) is 142 Å². The first-order valence-corrected chi connectivity index (χ1v) is 50.2. The lowest BCUT2D eigenvalue weighted by atomic mass is 9.88. The second kappa shape index (κ2) is 50.5. The summed E-state index contributed by atoms with van der Waals surface area (Å²) in [6.07, 6.45) is 0. The van der Waals surface area contributed by atoms with Crippen LogP contribution in [0.3, 0.4) is 0 Å². The van der Waals surface area contributed by atoms with Gasteiger partial charge in [0.1, 0.15) is 5.75 Å². The number of carboxylic acid groups (broad SMARTS) is 2. The molecule has 19 rings (SSSR count). The summed E-state index contributed by atoms with van der Waals surface area (Å²) in [4.78, 5) is 35.3. The fourth-order valence-corrected chi connectivity index (χ4v) is 19.2. The Morgan fingerprint density at radius 2 is 0.587 bits per heavy atom. The summed E-state index contributed by atoms with van der Waals surface area (Å²) in [5, 5.41) is 47.1. The van der Waals surface area contributed by atoms with E-state index in [1.165, 1.54) is 82.2 Å². The molecule has 13 nitrogen and oxygen atoms in total. The minimum atomic E-state index is -1.22. The lowest BCUT2D eigenvalue weighted by Gasteiger charge is -2.26. The van der Waals surface area contributed by atoms with Gasteiger partial charge in [0.25, 0.3) is 0 Å². The van der Waals surface area contributed by atoms with E-state index >= 15 is 0 Å². The first kappa shape index (κ1) is 108. The third kappa shape index (κ3) is 24.9. The summed E-state index contributed by atoms with van der Waals surface area (Å²) in [6, 6.07) is 149. The smallest absolute Gasteiger partial charge is 0.119 e. The molecular weight excluding hydrogens is 1840 g/mol. The number of hydrogen-bond acceptors (Lipinski definition) is 13. The van der Waals surface area contributed by atoms with Crippen molar-refractivity contribution in [2.75, 3.05) is 102 Å². The number of nitrogens with one attached hydrogen (secondary N) is 3. The van der Waals surface area contributed by atoms with Gasteiger partial charge >= 0.3 is 0 Å². The highest BCUT2D eigenvalue weighted by molar-refractivity contribution is 6.07. The third-order valence-corrected chi connectivity index (χ3v) is 26.9. The Kier molecular flexibility index (Phi) is 36.2. The number of para-hydroxylation sites is 4. The van der Waals surface area contributed by atoms with E-state index < -0.39 is 11.9 Å². The van der Waals surface area contributed by atoms with Gasteiger partial charge < -0.3 is 79.8 Å². The van der Waals surface area contributed by atoms with Gasteiger partial charge in [0.15, 0.2) is 0 Å². The Bertz CT molecular complexity index is 8280. The quantitative estimate of drug-likeness (QED) is 0.0401. The number of fused-ring (bicyclic) bond motifs is 2. The van der Waals surface area contributed by atoms with Crippen molar-refractivity contribution in [3.05, 3.63) is 560 Å². The predicted octanol–water partition coefficient (Wildman–Crippen LogP) is 24.5. The van der Waals surface area contributed by atoms with E-state index in [4.69, 9.17) is 4.74 Å². The Labute approximate surface area is 884 Å². The predicted molar refractivity (Wildman–Crippen MR) is 635 cm³/mol. The molecule has 150 heavy (non-hydrogen) atoms. The van der Waals surface area contributed by atoms with Gasteiger partial charge in [-0.2, -0.15) is 0 Å². The van der Waals surface area contributed by atoms with Crippen molar-refractivity contribution in [3.8, 4) is 5.75 Å². The van der Waals surface area contributed by atoms with Crippen LogP contribution in [0.5, 0.6) is 5.75 Å². The van der Waals surface area contributed by atoms with E-state index in [1.54, 1.807) is 26.3 Å². The zero-order valence-corrected chi connectivity index (χ0v) is 88.0. The molecular formula is C137H130N8O5-4. The molecule has 0 saturated carbocycles. The molecule has 0 atom stereocenters. The van der Waals surface area contributed by atoms with Crippen molar-refractivity contribution < 1.29 is 24.5 Å². The maximum absolute atomic E-state index is 12.2. The van der Waals surface area contributed by atoms with Crippen LogP contribution in [0.15, 0.2) is 437 Å². The lowest BCUT2D eigenvalue weighted by Crippen LogP contribution is -2.25. The van der Waals surface area contributed by atoms with Crippen LogP contribution in [0.4, 0.5) is 73.9 Å². The maximum atomic E-state index is 12.2. The van der Waals surface area contributed by atoms with Crippen molar-refractivity contribution >= 4 is 156 Å². The zero-order chi connectivity index (χ0) is 104. The van der Waals surface area contributed by atoms with Gasteiger partial charge in [-0.25, -0.2) is 0 Å². The SMILES string of the molecule is C=c1ccc(=C(c2ccc(N(CC)CC)cc2)c2ccc(N(C)C)cc2C(=O)[O-])cc1.C=c1ccc(=C(c2ccc(N(CC)CC)cc2C)c2ccc(Nc3ccc(OC)cc3)c3ccccc23)cc1.C=c1ccc(=C(c2ccc(N(c3ccccc3)c3ccccc3)cc2)c2ccc(NC)cc2C(=O)[O-])cc1.C=c1ccc(=C(c2ccc(N(c3ccccc3)c3ccccc3)cc2C)c2ccc(NC)c3ccccc23)cc1.[CH3-].[CH3-]. The van der Waals surface area contributed by atoms with Gasteiger partial charge in [-0.3, -0.25) is 0 Å². The summed E-state index contributed by atoms with van der Waals surface area (Å²) in [5.41, 5.74) is 28.4. The summed E-state index contributed by atoms with van der Waals surface area (Å²) in [7, 11) is 9.20. The van der Waals surface area contributed by atoms with E-state index in [-0.39, 0.29) is 26.0 Å². The van der Waals surface area contributed by atoms with Crippen molar-refractivity contribution in [2.45, 2.75) is 41.5 Å². The molecule has 0 radical (unpaired) electrons. The van der Waals surface area contributed by atoms with Crippen molar-refractivity contribution in [1.82, 2.24) is 0 Å². The second-order valence-corrected chi connectivity index (χ2v) is 36.5.